The molecule has 16 heavy (non-hydrogen) atoms. The standard InChI is InChI=1S/C14H23NO/c1-11-8-12(2)14(13(3)9-11)10-15-6-5-7-16-4/h8-9,15H,5-7,10H2,1-4H3. The maximum absolute atomic E-state index is 5.02. The van der Waals surface area contributed by atoms with Crippen LogP contribution < -0.4 is 5.32 Å². The molecule has 0 spiro atoms. The second-order valence-corrected chi connectivity index (χ2v) is 4.40. The third-order valence-corrected chi connectivity index (χ3v) is 2.84. The summed E-state index contributed by atoms with van der Waals surface area (Å²) in [5, 5.41) is 3.46. The van der Waals surface area contributed by atoms with E-state index in [1.54, 1.807) is 7.11 Å². The molecule has 0 saturated carbocycles. The van der Waals surface area contributed by atoms with Gasteiger partial charge in [0.25, 0.3) is 0 Å². The first-order valence-electron chi connectivity index (χ1n) is 5.91. The van der Waals surface area contributed by atoms with Crippen LogP contribution in [0.4, 0.5) is 0 Å². The Morgan fingerprint density at radius 3 is 2.31 bits per heavy atom. The molecule has 1 rings (SSSR count). The van der Waals surface area contributed by atoms with E-state index in [0.717, 1.165) is 26.1 Å². The van der Waals surface area contributed by atoms with Crippen LogP contribution >= 0.6 is 0 Å². The quantitative estimate of drug-likeness (QED) is 0.746. The molecule has 2 heteroatoms. The third kappa shape index (κ3) is 3.95. The highest BCUT2D eigenvalue weighted by atomic mass is 16.5. The molecule has 0 amide bonds. The molecule has 1 aromatic carbocycles. The lowest BCUT2D eigenvalue weighted by molar-refractivity contribution is 0.194. The number of rotatable bonds is 6. The van der Waals surface area contributed by atoms with Crippen LogP contribution in [0.25, 0.3) is 0 Å². The SMILES string of the molecule is COCCCNCc1c(C)cc(C)cc1C. The predicted octanol–water partition coefficient (Wildman–Crippen LogP) is 2.74. The molecule has 0 radical (unpaired) electrons. The summed E-state index contributed by atoms with van der Waals surface area (Å²) in [5.41, 5.74) is 5.55. The number of ether oxygens (including phenoxy) is 1. The van der Waals surface area contributed by atoms with Gasteiger partial charge in [-0.2, -0.15) is 0 Å². The molecular weight excluding hydrogens is 198 g/mol. The number of hydrogen-bond donors (Lipinski definition) is 1. The number of benzene rings is 1. The first-order chi connectivity index (χ1) is 7.65. The van der Waals surface area contributed by atoms with Crippen LogP contribution in [0.2, 0.25) is 0 Å². The predicted molar refractivity (Wildman–Crippen MR) is 68.9 cm³/mol. The van der Waals surface area contributed by atoms with Crippen LogP contribution in [-0.2, 0) is 11.3 Å². The summed E-state index contributed by atoms with van der Waals surface area (Å²) in [6.07, 6.45) is 1.07. The largest absolute Gasteiger partial charge is 0.385 e. The summed E-state index contributed by atoms with van der Waals surface area (Å²) in [6, 6.07) is 4.50. The summed E-state index contributed by atoms with van der Waals surface area (Å²) in [6.45, 7) is 9.33. The van der Waals surface area contributed by atoms with Gasteiger partial charge in [0.15, 0.2) is 0 Å². The topological polar surface area (TPSA) is 21.3 Å². The van der Waals surface area contributed by atoms with Crippen LogP contribution in [0.1, 0.15) is 28.7 Å². The molecule has 90 valence electrons. The average Bonchev–Trinajstić information content (AvgIpc) is 2.20. The Morgan fingerprint density at radius 1 is 1.12 bits per heavy atom. The molecule has 0 heterocycles. The molecule has 1 N–H and O–H groups in total. The van der Waals surface area contributed by atoms with E-state index in [-0.39, 0.29) is 0 Å². The maximum atomic E-state index is 5.02. The van der Waals surface area contributed by atoms with Crippen LogP contribution in [0.15, 0.2) is 12.1 Å². The smallest absolute Gasteiger partial charge is 0.0474 e. The second kappa shape index (κ2) is 6.66. The van der Waals surface area contributed by atoms with Crippen molar-refractivity contribution >= 4 is 0 Å². The average molecular weight is 221 g/mol. The Morgan fingerprint density at radius 2 is 1.75 bits per heavy atom. The van der Waals surface area contributed by atoms with Gasteiger partial charge in [0.2, 0.25) is 0 Å². The van der Waals surface area contributed by atoms with Crippen molar-refractivity contribution in [2.24, 2.45) is 0 Å². The van der Waals surface area contributed by atoms with E-state index in [9.17, 15) is 0 Å². The van der Waals surface area contributed by atoms with Crippen molar-refractivity contribution in [3.63, 3.8) is 0 Å². The molecule has 0 bridgehead atoms. The lowest BCUT2D eigenvalue weighted by Gasteiger charge is -2.12. The summed E-state index contributed by atoms with van der Waals surface area (Å²) < 4.78 is 5.02. The molecule has 0 atom stereocenters. The highest BCUT2D eigenvalue weighted by Gasteiger charge is 2.02. The number of aryl methyl sites for hydroxylation is 3. The molecular formula is C14H23NO. The van der Waals surface area contributed by atoms with Gasteiger partial charge in [-0.15, -0.1) is 0 Å². The molecule has 0 aromatic heterocycles. The zero-order chi connectivity index (χ0) is 12.0. The highest BCUT2D eigenvalue weighted by molar-refractivity contribution is 5.37. The van der Waals surface area contributed by atoms with Crippen molar-refractivity contribution in [3.05, 3.63) is 34.4 Å². The van der Waals surface area contributed by atoms with Gasteiger partial charge < -0.3 is 10.1 Å². The fourth-order valence-corrected chi connectivity index (χ4v) is 2.04. The van der Waals surface area contributed by atoms with Crippen molar-refractivity contribution in [1.82, 2.24) is 5.32 Å². The van der Waals surface area contributed by atoms with Crippen molar-refractivity contribution in [3.8, 4) is 0 Å². The monoisotopic (exact) mass is 221 g/mol. The second-order valence-electron chi connectivity index (χ2n) is 4.40. The van der Waals surface area contributed by atoms with Gasteiger partial charge in [-0.25, -0.2) is 0 Å². The van der Waals surface area contributed by atoms with Gasteiger partial charge in [0, 0.05) is 20.3 Å². The van der Waals surface area contributed by atoms with Gasteiger partial charge in [0.1, 0.15) is 0 Å². The Kier molecular flexibility index (Phi) is 5.50. The molecule has 0 saturated heterocycles. The van der Waals surface area contributed by atoms with Crippen LogP contribution in [0, 0.1) is 20.8 Å². The van der Waals surface area contributed by atoms with Gasteiger partial charge in [-0.3, -0.25) is 0 Å². The maximum Gasteiger partial charge on any atom is 0.0474 e. The normalized spacial score (nSPS) is 10.8. The zero-order valence-corrected chi connectivity index (χ0v) is 10.9. The minimum Gasteiger partial charge on any atom is -0.385 e. The van der Waals surface area contributed by atoms with Crippen molar-refractivity contribution in [2.75, 3.05) is 20.3 Å². The molecule has 0 aliphatic rings. The molecule has 1 aromatic rings. The van der Waals surface area contributed by atoms with E-state index >= 15 is 0 Å². The van der Waals surface area contributed by atoms with Gasteiger partial charge in [0.05, 0.1) is 0 Å². The Hall–Kier alpha value is -0.860. The first-order valence-corrected chi connectivity index (χ1v) is 5.91. The van der Waals surface area contributed by atoms with Gasteiger partial charge >= 0.3 is 0 Å². The minimum atomic E-state index is 0.832. The molecule has 0 aliphatic carbocycles. The van der Waals surface area contributed by atoms with E-state index < -0.39 is 0 Å². The Balaban J connectivity index is 2.47. The Bertz CT molecular complexity index is 311. The summed E-state index contributed by atoms with van der Waals surface area (Å²) in [7, 11) is 1.74. The lowest BCUT2D eigenvalue weighted by Crippen LogP contribution is -2.17. The van der Waals surface area contributed by atoms with Crippen LogP contribution in [-0.4, -0.2) is 20.3 Å². The fourth-order valence-electron chi connectivity index (χ4n) is 2.04. The highest BCUT2D eigenvalue weighted by Crippen LogP contribution is 2.15. The number of methoxy groups -OCH3 is 1. The van der Waals surface area contributed by atoms with Crippen molar-refractivity contribution in [1.29, 1.82) is 0 Å². The molecule has 0 fully saturated rings. The minimum absolute atomic E-state index is 0.832. The number of hydrogen-bond acceptors (Lipinski definition) is 2. The summed E-state index contributed by atoms with van der Waals surface area (Å²) in [5.74, 6) is 0. The van der Waals surface area contributed by atoms with Gasteiger partial charge in [-0.1, -0.05) is 17.7 Å². The van der Waals surface area contributed by atoms with E-state index in [1.165, 1.54) is 22.3 Å². The van der Waals surface area contributed by atoms with Crippen LogP contribution in [0.3, 0.4) is 0 Å². The van der Waals surface area contributed by atoms with Crippen molar-refractivity contribution < 1.29 is 4.74 Å². The summed E-state index contributed by atoms with van der Waals surface area (Å²) in [4.78, 5) is 0. The van der Waals surface area contributed by atoms with E-state index in [2.05, 4.69) is 38.2 Å². The lowest BCUT2D eigenvalue weighted by atomic mass is 10.00. The first kappa shape index (κ1) is 13.2. The van der Waals surface area contributed by atoms with Crippen molar-refractivity contribution in [2.45, 2.75) is 33.7 Å². The number of nitrogens with one attached hydrogen (secondary N) is 1. The summed E-state index contributed by atoms with van der Waals surface area (Å²) >= 11 is 0. The zero-order valence-electron chi connectivity index (χ0n) is 10.9. The third-order valence-electron chi connectivity index (χ3n) is 2.84. The molecule has 2 nitrogen and oxygen atoms in total. The van der Waals surface area contributed by atoms with E-state index in [1.807, 2.05) is 0 Å². The fraction of sp³-hybridized carbons (Fsp3) is 0.571. The van der Waals surface area contributed by atoms with E-state index in [0.29, 0.717) is 0 Å². The molecule has 0 aliphatic heterocycles. The van der Waals surface area contributed by atoms with Gasteiger partial charge in [-0.05, 0) is 50.4 Å². The molecule has 0 unspecified atom stereocenters. The van der Waals surface area contributed by atoms with Crippen LogP contribution in [0.5, 0.6) is 0 Å². The Labute approximate surface area is 99.0 Å². The van der Waals surface area contributed by atoms with E-state index in [4.69, 9.17) is 4.74 Å².